The number of hydrogen-bond acceptors (Lipinski definition) is 6. The van der Waals surface area contributed by atoms with Crippen LogP contribution in [0.3, 0.4) is 0 Å². The quantitative estimate of drug-likeness (QED) is 0.0532. The first-order valence-electron chi connectivity index (χ1n) is 14.6. The Morgan fingerprint density at radius 3 is 1.41 bits per heavy atom. The lowest BCUT2D eigenvalue weighted by Gasteiger charge is -2.19. The molecule has 0 aromatic heterocycles. The van der Waals surface area contributed by atoms with E-state index in [0.717, 1.165) is 79.6 Å². The molecule has 0 bridgehead atoms. The maximum atomic E-state index is 11.5. The predicted molar refractivity (Wildman–Crippen MR) is 165 cm³/mol. The van der Waals surface area contributed by atoms with Gasteiger partial charge in [0.2, 0.25) is 0 Å². The molecule has 0 fully saturated rings. The first-order valence-corrected chi connectivity index (χ1v) is 14.6. The van der Waals surface area contributed by atoms with Crippen LogP contribution in [-0.2, 0) is 28.5 Å². The number of carbonyl (C=O) groups excluding carboxylic acids is 2. The number of rotatable bonds is 20. The standard InChI is InChI=1S/C35H46O6/c1-27(2)34(36)40-24-15-8-6-13-22-38-32(30-19-11-10-12-20-30)33(31-21-17-18-29(5)26-31)39-23-14-7-9-16-25-41-35(37)28(3)4/h10-12,17-21,26H,1,3,6-9,13-16,22-25H2,2,4-5H3. The van der Waals surface area contributed by atoms with Gasteiger partial charge in [0.15, 0.2) is 11.5 Å². The number of esters is 2. The Hall–Kier alpha value is -3.80. The van der Waals surface area contributed by atoms with Crippen LogP contribution in [-0.4, -0.2) is 38.4 Å². The van der Waals surface area contributed by atoms with Crippen molar-refractivity contribution in [2.24, 2.45) is 0 Å². The van der Waals surface area contributed by atoms with Gasteiger partial charge < -0.3 is 18.9 Å². The molecular formula is C35H46O6. The largest absolute Gasteiger partial charge is 0.489 e. The van der Waals surface area contributed by atoms with Crippen molar-refractivity contribution in [3.63, 3.8) is 0 Å². The van der Waals surface area contributed by atoms with E-state index in [1.54, 1.807) is 13.8 Å². The van der Waals surface area contributed by atoms with Gasteiger partial charge >= 0.3 is 11.9 Å². The molecule has 0 aliphatic carbocycles. The Morgan fingerprint density at radius 2 is 0.976 bits per heavy atom. The second-order valence-electron chi connectivity index (χ2n) is 10.3. The van der Waals surface area contributed by atoms with Crippen molar-refractivity contribution in [2.45, 2.75) is 72.1 Å². The van der Waals surface area contributed by atoms with Gasteiger partial charge in [0.1, 0.15) is 0 Å². The third kappa shape index (κ3) is 13.4. The molecule has 222 valence electrons. The number of ether oxygens (including phenoxy) is 4. The molecule has 2 aromatic carbocycles. The lowest BCUT2D eigenvalue weighted by atomic mass is 10.1. The molecule has 2 rings (SSSR count). The smallest absolute Gasteiger partial charge is 0.333 e. The summed E-state index contributed by atoms with van der Waals surface area (Å²) < 4.78 is 23.2. The topological polar surface area (TPSA) is 71.1 Å². The fraction of sp³-hybridized carbons (Fsp3) is 0.429. The van der Waals surface area contributed by atoms with Gasteiger partial charge in [-0.05, 0) is 78.2 Å². The van der Waals surface area contributed by atoms with E-state index in [0.29, 0.717) is 37.6 Å². The van der Waals surface area contributed by atoms with Crippen molar-refractivity contribution in [3.8, 4) is 0 Å². The highest BCUT2D eigenvalue weighted by atomic mass is 16.5. The second-order valence-corrected chi connectivity index (χ2v) is 10.3. The maximum absolute atomic E-state index is 11.5. The third-order valence-electron chi connectivity index (χ3n) is 6.26. The summed E-state index contributed by atoms with van der Waals surface area (Å²) in [6.45, 7) is 14.5. The molecule has 41 heavy (non-hydrogen) atoms. The minimum atomic E-state index is -0.334. The third-order valence-corrected chi connectivity index (χ3v) is 6.26. The van der Waals surface area contributed by atoms with Crippen LogP contribution in [0.15, 0.2) is 78.9 Å². The van der Waals surface area contributed by atoms with Gasteiger partial charge in [-0.1, -0.05) is 67.3 Å². The van der Waals surface area contributed by atoms with Crippen LogP contribution in [0, 0.1) is 6.92 Å². The molecule has 0 saturated carbocycles. The normalized spacial score (nSPS) is 11.3. The van der Waals surface area contributed by atoms with Gasteiger partial charge in [-0.15, -0.1) is 0 Å². The van der Waals surface area contributed by atoms with Crippen molar-refractivity contribution in [1.82, 2.24) is 0 Å². The van der Waals surface area contributed by atoms with Gasteiger partial charge in [-0.3, -0.25) is 0 Å². The average Bonchev–Trinajstić information content (AvgIpc) is 2.96. The van der Waals surface area contributed by atoms with Gasteiger partial charge in [0.25, 0.3) is 0 Å². The van der Waals surface area contributed by atoms with Gasteiger partial charge in [0.05, 0.1) is 26.4 Å². The van der Waals surface area contributed by atoms with E-state index >= 15 is 0 Å². The molecule has 0 saturated heterocycles. The summed E-state index contributed by atoms with van der Waals surface area (Å²) in [6.07, 6.45) is 7.21. The summed E-state index contributed by atoms with van der Waals surface area (Å²) in [5.74, 6) is 0.804. The maximum Gasteiger partial charge on any atom is 0.333 e. The fourth-order valence-electron chi connectivity index (χ4n) is 3.98. The molecule has 2 aromatic rings. The van der Waals surface area contributed by atoms with E-state index in [4.69, 9.17) is 18.9 Å². The molecule has 0 aliphatic rings. The Balaban J connectivity index is 1.99. The van der Waals surface area contributed by atoms with E-state index in [-0.39, 0.29) is 11.9 Å². The van der Waals surface area contributed by atoms with Crippen molar-refractivity contribution >= 4 is 23.5 Å². The minimum absolute atomic E-state index is 0.334. The van der Waals surface area contributed by atoms with Crippen LogP contribution in [0.2, 0.25) is 0 Å². The highest BCUT2D eigenvalue weighted by Crippen LogP contribution is 2.30. The number of unbranched alkanes of at least 4 members (excludes halogenated alkanes) is 6. The predicted octanol–water partition coefficient (Wildman–Crippen LogP) is 8.21. The van der Waals surface area contributed by atoms with Crippen LogP contribution < -0.4 is 0 Å². The van der Waals surface area contributed by atoms with Crippen LogP contribution in [0.4, 0.5) is 0 Å². The first-order chi connectivity index (χ1) is 19.8. The van der Waals surface area contributed by atoms with Crippen molar-refractivity contribution < 1.29 is 28.5 Å². The summed E-state index contributed by atoms with van der Waals surface area (Å²) >= 11 is 0. The van der Waals surface area contributed by atoms with Crippen molar-refractivity contribution in [2.75, 3.05) is 26.4 Å². The zero-order valence-electron chi connectivity index (χ0n) is 25.0. The average molecular weight is 563 g/mol. The highest BCUT2D eigenvalue weighted by Gasteiger charge is 2.16. The molecule has 0 aliphatic heterocycles. The van der Waals surface area contributed by atoms with Gasteiger partial charge in [-0.2, -0.15) is 0 Å². The van der Waals surface area contributed by atoms with E-state index in [1.165, 1.54) is 0 Å². The molecule has 0 unspecified atom stereocenters. The van der Waals surface area contributed by atoms with E-state index in [2.05, 4.69) is 38.3 Å². The number of aryl methyl sites for hydroxylation is 1. The van der Waals surface area contributed by atoms with Crippen LogP contribution in [0.5, 0.6) is 0 Å². The van der Waals surface area contributed by atoms with E-state index in [1.807, 2.05) is 36.4 Å². The van der Waals surface area contributed by atoms with Crippen LogP contribution >= 0.6 is 0 Å². The molecule has 0 radical (unpaired) electrons. The Labute approximate surface area is 246 Å². The molecule has 6 heteroatoms. The van der Waals surface area contributed by atoms with E-state index in [9.17, 15) is 9.59 Å². The molecule has 6 nitrogen and oxygen atoms in total. The molecule has 0 N–H and O–H groups in total. The summed E-state index contributed by atoms with van der Waals surface area (Å²) in [5, 5.41) is 0. The van der Waals surface area contributed by atoms with Gasteiger partial charge in [0, 0.05) is 22.3 Å². The van der Waals surface area contributed by atoms with Crippen LogP contribution in [0.1, 0.15) is 81.9 Å². The Bertz CT molecular complexity index is 1150. The Morgan fingerprint density at radius 1 is 0.561 bits per heavy atom. The molecule has 0 amide bonds. The van der Waals surface area contributed by atoms with Crippen molar-refractivity contribution in [3.05, 3.63) is 95.6 Å². The first kappa shape index (κ1) is 33.4. The number of benzene rings is 2. The van der Waals surface area contributed by atoms with Gasteiger partial charge in [-0.25, -0.2) is 9.59 Å². The zero-order chi connectivity index (χ0) is 29.9. The number of hydrogen-bond donors (Lipinski definition) is 0. The monoisotopic (exact) mass is 562 g/mol. The lowest BCUT2D eigenvalue weighted by Crippen LogP contribution is -2.06. The SMILES string of the molecule is C=C(C)C(=O)OCCCCCCOC(=C(OCCCCCCOC(=O)C(=C)C)c1cccc(C)c1)c1ccccc1. The summed E-state index contributed by atoms with van der Waals surface area (Å²) in [7, 11) is 0. The summed E-state index contributed by atoms with van der Waals surface area (Å²) in [6, 6.07) is 18.3. The molecule has 0 atom stereocenters. The molecular weight excluding hydrogens is 516 g/mol. The van der Waals surface area contributed by atoms with Crippen molar-refractivity contribution in [1.29, 1.82) is 0 Å². The summed E-state index contributed by atoms with van der Waals surface area (Å²) in [4.78, 5) is 23.0. The zero-order valence-corrected chi connectivity index (χ0v) is 25.0. The summed E-state index contributed by atoms with van der Waals surface area (Å²) in [5.41, 5.74) is 3.94. The highest BCUT2D eigenvalue weighted by molar-refractivity contribution is 5.87. The number of carbonyl (C=O) groups is 2. The lowest BCUT2D eigenvalue weighted by molar-refractivity contribution is -0.139. The van der Waals surface area contributed by atoms with E-state index < -0.39 is 0 Å². The van der Waals surface area contributed by atoms with Crippen LogP contribution in [0.25, 0.3) is 11.5 Å². The second kappa shape index (κ2) is 19.3. The molecule has 0 heterocycles. The molecule has 0 spiro atoms. The fourth-order valence-corrected chi connectivity index (χ4v) is 3.98. The Kier molecular flexibility index (Phi) is 15.7. The minimum Gasteiger partial charge on any atom is -0.489 e.